The summed E-state index contributed by atoms with van der Waals surface area (Å²) in [5.74, 6) is -0.208. The van der Waals surface area contributed by atoms with E-state index < -0.39 is 5.91 Å². The van der Waals surface area contributed by atoms with Crippen LogP contribution in [0.25, 0.3) is 10.8 Å². The first-order valence-electron chi connectivity index (χ1n) is 6.31. The van der Waals surface area contributed by atoms with Crippen molar-refractivity contribution in [1.82, 2.24) is 9.97 Å². The van der Waals surface area contributed by atoms with Gasteiger partial charge in [-0.2, -0.15) is 0 Å². The first kappa shape index (κ1) is 12.9. The lowest BCUT2D eigenvalue weighted by molar-refractivity contribution is 0.0996. The van der Waals surface area contributed by atoms with E-state index in [1.807, 2.05) is 24.3 Å². The molecule has 2 heterocycles. The van der Waals surface area contributed by atoms with Crippen LogP contribution in [-0.4, -0.2) is 15.9 Å². The Kier molecular flexibility index (Phi) is 3.12. The number of primary amides is 1. The number of nitrogens with zero attached hydrogens (tertiary/aromatic N) is 2. The fourth-order valence-corrected chi connectivity index (χ4v) is 2.06. The van der Waals surface area contributed by atoms with Crippen LogP contribution in [-0.2, 0) is 0 Å². The molecule has 0 atom stereocenters. The highest BCUT2D eigenvalue weighted by Crippen LogP contribution is 2.27. The van der Waals surface area contributed by atoms with Gasteiger partial charge in [0, 0.05) is 23.5 Å². The number of rotatable bonds is 3. The Morgan fingerprint density at radius 1 is 1.14 bits per heavy atom. The molecule has 3 rings (SSSR count). The van der Waals surface area contributed by atoms with E-state index in [0.29, 0.717) is 11.5 Å². The van der Waals surface area contributed by atoms with Gasteiger partial charge in [0.1, 0.15) is 5.69 Å². The number of carbonyl (C=O) groups is 1. The molecule has 0 spiro atoms. The van der Waals surface area contributed by atoms with E-state index in [1.54, 1.807) is 18.5 Å². The second-order valence-electron chi connectivity index (χ2n) is 4.53. The van der Waals surface area contributed by atoms with Gasteiger partial charge in [0.15, 0.2) is 5.82 Å². The number of benzene rings is 1. The predicted octanol–water partition coefficient (Wildman–Crippen LogP) is 2.05. The fraction of sp³-hybridized carbons (Fsp3) is 0. The van der Waals surface area contributed by atoms with Gasteiger partial charge in [0.25, 0.3) is 5.91 Å². The zero-order valence-electron chi connectivity index (χ0n) is 11.1. The van der Waals surface area contributed by atoms with Gasteiger partial charge in [0.2, 0.25) is 0 Å². The third-order valence-corrected chi connectivity index (χ3v) is 3.12. The standard InChI is InChI=1S/C15H13N5O/c16-11-4-5-13(14(17)21)20-15(11)19-12-3-1-2-9-6-7-18-8-10(9)12/h1-8H,16H2,(H2,17,21)(H,19,20). The van der Waals surface area contributed by atoms with Gasteiger partial charge in [-0.15, -0.1) is 0 Å². The molecule has 0 unspecified atom stereocenters. The van der Waals surface area contributed by atoms with Crippen molar-refractivity contribution in [3.63, 3.8) is 0 Å². The van der Waals surface area contributed by atoms with Crippen LogP contribution in [0.2, 0.25) is 0 Å². The highest BCUT2D eigenvalue weighted by Gasteiger charge is 2.09. The lowest BCUT2D eigenvalue weighted by Crippen LogP contribution is -2.14. The number of amides is 1. The molecule has 0 aliphatic rings. The molecule has 0 fully saturated rings. The van der Waals surface area contributed by atoms with E-state index in [1.165, 1.54) is 6.07 Å². The summed E-state index contributed by atoms with van der Waals surface area (Å²) in [6.45, 7) is 0. The lowest BCUT2D eigenvalue weighted by Gasteiger charge is -2.11. The van der Waals surface area contributed by atoms with Gasteiger partial charge in [-0.05, 0) is 29.7 Å². The second kappa shape index (κ2) is 5.09. The molecule has 6 nitrogen and oxygen atoms in total. The minimum atomic E-state index is -0.599. The number of hydrogen-bond acceptors (Lipinski definition) is 5. The van der Waals surface area contributed by atoms with Crippen LogP contribution in [0, 0.1) is 0 Å². The zero-order chi connectivity index (χ0) is 14.8. The van der Waals surface area contributed by atoms with Crippen LogP contribution < -0.4 is 16.8 Å². The van der Waals surface area contributed by atoms with Crippen molar-refractivity contribution in [2.24, 2.45) is 5.73 Å². The highest BCUT2D eigenvalue weighted by atomic mass is 16.1. The Hall–Kier alpha value is -3.15. The largest absolute Gasteiger partial charge is 0.396 e. The van der Waals surface area contributed by atoms with E-state index in [2.05, 4.69) is 15.3 Å². The molecule has 0 saturated heterocycles. The molecule has 104 valence electrons. The number of nitrogens with one attached hydrogen (secondary N) is 1. The van der Waals surface area contributed by atoms with Crippen molar-refractivity contribution in [3.8, 4) is 0 Å². The quantitative estimate of drug-likeness (QED) is 0.680. The van der Waals surface area contributed by atoms with E-state index in [9.17, 15) is 4.79 Å². The topological polar surface area (TPSA) is 107 Å². The molecular formula is C15H13N5O. The monoisotopic (exact) mass is 279 g/mol. The summed E-state index contributed by atoms with van der Waals surface area (Å²) in [4.78, 5) is 19.5. The van der Waals surface area contributed by atoms with Gasteiger partial charge >= 0.3 is 0 Å². The van der Waals surface area contributed by atoms with Crippen LogP contribution in [0.4, 0.5) is 17.2 Å². The minimum absolute atomic E-state index is 0.157. The Labute approximate surface area is 120 Å². The molecule has 5 N–H and O–H groups in total. The molecule has 0 bridgehead atoms. The van der Waals surface area contributed by atoms with Crippen LogP contribution in [0.3, 0.4) is 0 Å². The minimum Gasteiger partial charge on any atom is -0.396 e. The molecule has 1 aromatic carbocycles. The third kappa shape index (κ3) is 2.46. The van der Waals surface area contributed by atoms with Crippen LogP contribution >= 0.6 is 0 Å². The first-order chi connectivity index (χ1) is 10.1. The van der Waals surface area contributed by atoms with E-state index >= 15 is 0 Å². The number of nitrogens with two attached hydrogens (primary N) is 2. The number of hydrogen-bond donors (Lipinski definition) is 3. The van der Waals surface area contributed by atoms with E-state index in [-0.39, 0.29) is 5.69 Å². The third-order valence-electron chi connectivity index (χ3n) is 3.12. The highest BCUT2D eigenvalue weighted by molar-refractivity contribution is 5.96. The van der Waals surface area contributed by atoms with Gasteiger partial charge in [0.05, 0.1) is 5.69 Å². The summed E-state index contributed by atoms with van der Waals surface area (Å²) in [7, 11) is 0. The molecule has 0 aliphatic carbocycles. The zero-order valence-corrected chi connectivity index (χ0v) is 11.1. The van der Waals surface area contributed by atoms with Crippen LogP contribution in [0.5, 0.6) is 0 Å². The van der Waals surface area contributed by atoms with Crippen molar-refractivity contribution in [1.29, 1.82) is 0 Å². The Balaban J connectivity index is 2.06. The molecule has 3 aromatic rings. The maximum absolute atomic E-state index is 11.2. The number of anilines is 3. The average molecular weight is 279 g/mol. The maximum atomic E-state index is 11.2. The van der Waals surface area contributed by atoms with Crippen LogP contribution in [0.15, 0.2) is 48.8 Å². The smallest absolute Gasteiger partial charge is 0.267 e. The van der Waals surface area contributed by atoms with Crippen LogP contribution in [0.1, 0.15) is 10.5 Å². The van der Waals surface area contributed by atoms with E-state index in [0.717, 1.165) is 16.5 Å². The normalized spacial score (nSPS) is 10.5. The number of aromatic nitrogens is 2. The van der Waals surface area contributed by atoms with Crippen molar-refractivity contribution in [2.75, 3.05) is 11.1 Å². The molecular weight excluding hydrogens is 266 g/mol. The Morgan fingerprint density at radius 2 is 2.00 bits per heavy atom. The molecule has 2 aromatic heterocycles. The Morgan fingerprint density at radius 3 is 2.81 bits per heavy atom. The summed E-state index contributed by atoms with van der Waals surface area (Å²) in [5, 5.41) is 5.10. The second-order valence-corrected chi connectivity index (χ2v) is 4.53. The molecule has 21 heavy (non-hydrogen) atoms. The molecule has 0 aliphatic heterocycles. The number of carbonyl (C=O) groups excluding carboxylic acids is 1. The molecule has 6 heteroatoms. The number of fused-ring (bicyclic) bond motifs is 1. The fourth-order valence-electron chi connectivity index (χ4n) is 2.06. The summed E-state index contributed by atoms with van der Waals surface area (Å²) in [5.41, 5.74) is 12.5. The van der Waals surface area contributed by atoms with Gasteiger partial charge in [-0.1, -0.05) is 12.1 Å². The SMILES string of the molecule is NC(=O)c1ccc(N)c(Nc2cccc3ccncc23)n1. The summed E-state index contributed by atoms with van der Waals surface area (Å²) < 4.78 is 0. The van der Waals surface area contributed by atoms with Crippen molar-refractivity contribution in [2.45, 2.75) is 0 Å². The first-order valence-corrected chi connectivity index (χ1v) is 6.31. The molecule has 0 radical (unpaired) electrons. The summed E-state index contributed by atoms with van der Waals surface area (Å²) in [6, 6.07) is 10.8. The van der Waals surface area contributed by atoms with Gasteiger partial charge < -0.3 is 16.8 Å². The molecule has 1 amide bonds. The maximum Gasteiger partial charge on any atom is 0.267 e. The predicted molar refractivity (Wildman–Crippen MR) is 82.2 cm³/mol. The van der Waals surface area contributed by atoms with Crippen molar-refractivity contribution >= 4 is 33.9 Å². The van der Waals surface area contributed by atoms with Crippen molar-refractivity contribution in [3.05, 3.63) is 54.5 Å². The summed E-state index contributed by atoms with van der Waals surface area (Å²) >= 11 is 0. The van der Waals surface area contributed by atoms with Gasteiger partial charge in [-0.25, -0.2) is 4.98 Å². The van der Waals surface area contributed by atoms with Crippen molar-refractivity contribution < 1.29 is 4.79 Å². The Bertz CT molecular complexity index is 826. The average Bonchev–Trinajstić information content (AvgIpc) is 2.49. The van der Waals surface area contributed by atoms with E-state index in [4.69, 9.17) is 11.5 Å². The summed E-state index contributed by atoms with van der Waals surface area (Å²) in [6.07, 6.45) is 3.48. The molecule has 0 saturated carbocycles. The van der Waals surface area contributed by atoms with Gasteiger partial charge in [-0.3, -0.25) is 9.78 Å². The number of pyridine rings is 2. The number of nitrogen functional groups attached to an aromatic ring is 1. The lowest BCUT2D eigenvalue weighted by atomic mass is 10.1.